The quantitative estimate of drug-likeness (QED) is 0.864. The first-order valence-electron chi connectivity index (χ1n) is 7.85. The highest BCUT2D eigenvalue weighted by molar-refractivity contribution is 6.04. The van der Waals surface area contributed by atoms with Crippen molar-refractivity contribution in [2.24, 2.45) is 4.99 Å². The van der Waals surface area contributed by atoms with Gasteiger partial charge in [0.05, 0.1) is 0 Å². The largest absolute Gasteiger partial charge is 0.355 e. The van der Waals surface area contributed by atoms with Gasteiger partial charge in [-0.15, -0.1) is 0 Å². The minimum absolute atomic E-state index is 0.0150. The van der Waals surface area contributed by atoms with Crippen LogP contribution in [0.2, 0.25) is 0 Å². The normalized spacial score (nSPS) is 19.3. The van der Waals surface area contributed by atoms with E-state index in [0.29, 0.717) is 12.1 Å². The predicted molar refractivity (Wildman–Crippen MR) is 94.7 cm³/mol. The monoisotopic (exact) mass is 321 g/mol. The van der Waals surface area contributed by atoms with Crippen LogP contribution in [-0.4, -0.2) is 42.6 Å². The molecule has 1 aromatic rings. The number of aliphatic imine (C=N–C) groups is 1. The van der Waals surface area contributed by atoms with E-state index < -0.39 is 6.04 Å². The van der Waals surface area contributed by atoms with Crippen LogP contribution in [0.1, 0.15) is 22.8 Å². The molecule has 0 bridgehead atoms. The summed E-state index contributed by atoms with van der Waals surface area (Å²) < 4.78 is 0. The van der Waals surface area contributed by atoms with Gasteiger partial charge in [-0.25, -0.2) is 0 Å². The maximum atomic E-state index is 12.5. The molecule has 24 heavy (non-hydrogen) atoms. The fourth-order valence-corrected chi connectivity index (χ4v) is 2.81. The van der Waals surface area contributed by atoms with Crippen molar-refractivity contribution >= 4 is 23.6 Å². The minimum atomic E-state index is -0.464. The molecule has 1 unspecified atom stereocenters. The minimum Gasteiger partial charge on any atom is -0.355 e. The number of hydrogen-bond donors (Lipinski definition) is 1. The summed E-state index contributed by atoms with van der Waals surface area (Å²) in [5, 5.41) is 2.61. The van der Waals surface area contributed by atoms with Gasteiger partial charge in [0.1, 0.15) is 0 Å². The summed E-state index contributed by atoms with van der Waals surface area (Å²) >= 11 is 0. The topological polar surface area (TPSA) is 61.8 Å². The number of amides is 2. The van der Waals surface area contributed by atoms with Gasteiger partial charge >= 0.3 is 0 Å². The van der Waals surface area contributed by atoms with E-state index in [0.717, 1.165) is 16.7 Å². The molecule has 2 aliphatic heterocycles. The Labute approximate surface area is 141 Å². The van der Waals surface area contributed by atoms with Crippen LogP contribution < -0.4 is 5.32 Å². The third-order valence-electron chi connectivity index (χ3n) is 4.12. The third-order valence-corrected chi connectivity index (χ3v) is 4.12. The molecule has 5 heteroatoms. The number of allylic oxidation sites excluding steroid dienone is 2. The molecule has 1 N–H and O–H groups in total. The summed E-state index contributed by atoms with van der Waals surface area (Å²) in [6.45, 7) is 2.45. The first-order valence-corrected chi connectivity index (χ1v) is 7.85. The molecule has 1 atom stereocenters. The average Bonchev–Trinajstić information content (AvgIpc) is 3.11. The Morgan fingerprint density at radius 1 is 1.33 bits per heavy atom. The van der Waals surface area contributed by atoms with Crippen LogP contribution in [0.3, 0.4) is 0 Å². The Kier molecular flexibility index (Phi) is 4.42. The molecule has 0 saturated carbocycles. The highest BCUT2D eigenvalue weighted by Gasteiger charge is 2.34. The van der Waals surface area contributed by atoms with Crippen LogP contribution in [0.5, 0.6) is 0 Å². The lowest BCUT2D eigenvalue weighted by Gasteiger charge is -2.29. The first kappa shape index (κ1) is 15.9. The Balaban J connectivity index is 1.97. The van der Waals surface area contributed by atoms with Crippen molar-refractivity contribution in [3.8, 4) is 0 Å². The number of nitrogens with one attached hydrogen (secondary N) is 1. The van der Waals surface area contributed by atoms with Crippen molar-refractivity contribution in [2.45, 2.75) is 13.0 Å². The second kappa shape index (κ2) is 6.66. The summed E-state index contributed by atoms with van der Waals surface area (Å²) in [4.78, 5) is 30.2. The summed E-state index contributed by atoms with van der Waals surface area (Å²) in [6.07, 6.45) is 9.29. The Hall–Kier alpha value is -2.95. The van der Waals surface area contributed by atoms with E-state index in [2.05, 4.69) is 10.3 Å². The molecule has 0 fully saturated rings. The molecule has 2 aliphatic rings. The van der Waals surface area contributed by atoms with Gasteiger partial charge in [0, 0.05) is 37.1 Å². The van der Waals surface area contributed by atoms with Crippen molar-refractivity contribution in [2.75, 3.05) is 13.6 Å². The molecule has 2 amide bonds. The van der Waals surface area contributed by atoms with E-state index >= 15 is 0 Å². The molecular formula is C19H19N3O2. The van der Waals surface area contributed by atoms with Gasteiger partial charge in [0.25, 0.3) is 11.8 Å². The van der Waals surface area contributed by atoms with E-state index in [4.69, 9.17) is 0 Å². The van der Waals surface area contributed by atoms with Crippen LogP contribution in [-0.2, 0) is 4.79 Å². The zero-order chi connectivity index (χ0) is 17.1. The number of benzene rings is 1. The van der Waals surface area contributed by atoms with Crippen molar-refractivity contribution in [3.05, 3.63) is 65.4 Å². The number of hydrogen-bond acceptors (Lipinski definition) is 3. The van der Waals surface area contributed by atoms with Gasteiger partial charge in [0.15, 0.2) is 6.04 Å². The van der Waals surface area contributed by atoms with Crippen LogP contribution in [0.15, 0.2) is 59.3 Å². The van der Waals surface area contributed by atoms with E-state index in [1.807, 2.05) is 43.5 Å². The fraction of sp³-hybridized carbons (Fsp3) is 0.211. The second-order valence-corrected chi connectivity index (χ2v) is 5.58. The zero-order valence-corrected chi connectivity index (χ0v) is 13.7. The number of rotatable bonds is 4. The van der Waals surface area contributed by atoms with Gasteiger partial charge in [-0.1, -0.05) is 24.3 Å². The first-order chi connectivity index (χ1) is 11.7. The van der Waals surface area contributed by atoms with E-state index in [-0.39, 0.29) is 11.8 Å². The average molecular weight is 321 g/mol. The van der Waals surface area contributed by atoms with Gasteiger partial charge in [0.2, 0.25) is 0 Å². The van der Waals surface area contributed by atoms with Crippen molar-refractivity contribution in [1.82, 2.24) is 10.2 Å². The van der Waals surface area contributed by atoms with Crippen molar-refractivity contribution in [3.63, 3.8) is 0 Å². The van der Waals surface area contributed by atoms with Crippen molar-refractivity contribution < 1.29 is 9.59 Å². The smallest absolute Gasteiger partial charge is 0.256 e. The summed E-state index contributed by atoms with van der Waals surface area (Å²) in [6, 6.07) is 6.90. The Morgan fingerprint density at radius 3 is 2.75 bits per heavy atom. The molecule has 122 valence electrons. The van der Waals surface area contributed by atoms with Crippen LogP contribution in [0.25, 0.3) is 5.57 Å². The van der Waals surface area contributed by atoms with E-state index in [9.17, 15) is 9.59 Å². The number of nitrogens with zero attached hydrogens (tertiary/aromatic N) is 2. The molecule has 1 aromatic carbocycles. The number of carbonyl (C=O) groups is 2. The molecule has 3 rings (SSSR count). The summed E-state index contributed by atoms with van der Waals surface area (Å²) in [5.41, 5.74) is 3.43. The van der Waals surface area contributed by atoms with Crippen LogP contribution >= 0.6 is 0 Å². The molecule has 5 nitrogen and oxygen atoms in total. The van der Waals surface area contributed by atoms with E-state index in [1.54, 1.807) is 30.3 Å². The van der Waals surface area contributed by atoms with Crippen LogP contribution in [0, 0.1) is 0 Å². The van der Waals surface area contributed by atoms with Gasteiger partial charge in [-0.2, -0.15) is 0 Å². The molecule has 0 radical (unpaired) electrons. The lowest BCUT2D eigenvalue weighted by atomic mass is 9.90. The summed E-state index contributed by atoms with van der Waals surface area (Å²) in [5.74, 6) is -0.135. The van der Waals surface area contributed by atoms with E-state index in [1.165, 1.54) is 0 Å². The third kappa shape index (κ3) is 2.80. The molecule has 0 saturated heterocycles. The zero-order valence-electron chi connectivity index (χ0n) is 13.7. The number of fused-ring (bicyclic) bond motifs is 1. The lowest BCUT2D eigenvalue weighted by Crippen LogP contribution is -2.39. The SMILES string of the molecule is CC=CCN1C=C(c2ccc(C(=O)NC)cc2)C2=CC=NC2C1=O. The Bertz CT molecular complexity index is 785. The van der Waals surface area contributed by atoms with Gasteiger partial charge in [-0.05, 0) is 36.3 Å². The molecule has 2 heterocycles. The molecule has 0 aromatic heterocycles. The van der Waals surface area contributed by atoms with Gasteiger partial charge in [-0.3, -0.25) is 14.6 Å². The number of carbonyl (C=O) groups excluding carboxylic acids is 2. The highest BCUT2D eigenvalue weighted by atomic mass is 16.2. The molecule has 0 spiro atoms. The Morgan fingerprint density at radius 2 is 2.08 bits per heavy atom. The fourth-order valence-electron chi connectivity index (χ4n) is 2.81. The summed E-state index contributed by atoms with van der Waals surface area (Å²) in [7, 11) is 1.61. The van der Waals surface area contributed by atoms with Gasteiger partial charge < -0.3 is 10.2 Å². The molecule has 0 aliphatic carbocycles. The second-order valence-electron chi connectivity index (χ2n) is 5.58. The standard InChI is InChI=1S/C19H19N3O2/c1-3-4-11-22-12-16(15-9-10-21-17(15)19(22)24)13-5-7-14(8-6-13)18(23)20-2/h3-10,12,17H,11H2,1-2H3,(H,20,23). The molecular weight excluding hydrogens is 302 g/mol. The predicted octanol–water partition coefficient (Wildman–Crippen LogP) is 2.18. The van der Waals surface area contributed by atoms with Crippen LogP contribution in [0.4, 0.5) is 0 Å². The highest BCUT2D eigenvalue weighted by Crippen LogP contribution is 2.34. The maximum absolute atomic E-state index is 12.5. The van der Waals surface area contributed by atoms with Crippen molar-refractivity contribution in [1.29, 1.82) is 0 Å². The maximum Gasteiger partial charge on any atom is 0.256 e. The lowest BCUT2D eigenvalue weighted by molar-refractivity contribution is -0.128.